The average Bonchev–Trinajstić information content (AvgIpc) is 2.36. The van der Waals surface area contributed by atoms with Gasteiger partial charge in [0.15, 0.2) is 0 Å². The standard InChI is InChI=1S/C13H16F2N2O3/c1-4-5-16(8(2)3)13(18)10-6-9(14)7-11(12(10)15)17(19)20/h6-8H,4-5H2,1-3H3. The van der Waals surface area contributed by atoms with Gasteiger partial charge in [-0.3, -0.25) is 14.9 Å². The number of hydrogen-bond acceptors (Lipinski definition) is 3. The van der Waals surface area contributed by atoms with Crippen LogP contribution in [0.15, 0.2) is 12.1 Å². The van der Waals surface area contributed by atoms with E-state index in [4.69, 9.17) is 0 Å². The quantitative estimate of drug-likeness (QED) is 0.617. The van der Waals surface area contributed by atoms with E-state index in [1.165, 1.54) is 4.90 Å². The predicted molar refractivity (Wildman–Crippen MR) is 69.5 cm³/mol. The summed E-state index contributed by atoms with van der Waals surface area (Å²) in [6.45, 7) is 5.67. The van der Waals surface area contributed by atoms with Crippen molar-refractivity contribution in [3.63, 3.8) is 0 Å². The fraction of sp³-hybridized carbons (Fsp3) is 0.462. The van der Waals surface area contributed by atoms with E-state index in [9.17, 15) is 23.7 Å². The summed E-state index contributed by atoms with van der Waals surface area (Å²) in [5, 5.41) is 10.7. The SMILES string of the molecule is CCCN(C(=O)c1cc(F)cc([N+](=O)[O-])c1F)C(C)C. The second kappa shape index (κ2) is 6.40. The highest BCUT2D eigenvalue weighted by Gasteiger charge is 2.27. The monoisotopic (exact) mass is 286 g/mol. The van der Waals surface area contributed by atoms with E-state index in [1.54, 1.807) is 13.8 Å². The zero-order valence-electron chi connectivity index (χ0n) is 11.5. The van der Waals surface area contributed by atoms with E-state index < -0.39 is 33.7 Å². The van der Waals surface area contributed by atoms with Crippen molar-refractivity contribution in [1.82, 2.24) is 4.90 Å². The van der Waals surface area contributed by atoms with Gasteiger partial charge in [-0.2, -0.15) is 4.39 Å². The van der Waals surface area contributed by atoms with Gasteiger partial charge in [0.1, 0.15) is 5.82 Å². The summed E-state index contributed by atoms with van der Waals surface area (Å²) < 4.78 is 27.3. The van der Waals surface area contributed by atoms with Crippen LogP contribution in [0.4, 0.5) is 14.5 Å². The molecule has 0 aliphatic carbocycles. The van der Waals surface area contributed by atoms with E-state index in [0.717, 1.165) is 0 Å². The second-order valence-electron chi connectivity index (χ2n) is 4.64. The summed E-state index contributed by atoms with van der Waals surface area (Å²) in [4.78, 5) is 23.2. The average molecular weight is 286 g/mol. The molecule has 1 amide bonds. The maximum Gasteiger partial charge on any atom is 0.308 e. The van der Waals surface area contributed by atoms with E-state index in [2.05, 4.69) is 0 Å². The van der Waals surface area contributed by atoms with Gasteiger partial charge < -0.3 is 4.90 Å². The van der Waals surface area contributed by atoms with Gasteiger partial charge in [0.2, 0.25) is 5.82 Å². The zero-order chi connectivity index (χ0) is 15.4. The Morgan fingerprint density at radius 1 is 1.40 bits per heavy atom. The highest BCUT2D eigenvalue weighted by molar-refractivity contribution is 5.95. The molecule has 5 nitrogen and oxygen atoms in total. The fourth-order valence-electron chi connectivity index (χ4n) is 1.85. The minimum atomic E-state index is -1.30. The molecule has 0 aliphatic heterocycles. The number of benzene rings is 1. The van der Waals surface area contributed by atoms with Gasteiger partial charge in [0, 0.05) is 12.6 Å². The maximum atomic E-state index is 14.0. The predicted octanol–water partition coefficient (Wildman–Crippen LogP) is 3.13. The molecule has 1 rings (SSSR count). The van der Waals surface area contributed by atoms with Gasteiger partial charge in [0.05, 0.1) is 16.6 Å². The molecule has 0 bridgehead atoms. The van der Waals surface area contributed by atoms with Crippen molar-refractivity contribution in [1.29, 1.82) is 0 Å². The third-order valence-electron chi connectivity index (χ3n) is 2.79. The fourth-order valence-corrected chi connectivity index (χ4v) is 1.85. The van der Waals surface area contributed by atoms with Crippen LogP contribution in [0.25, 0.3) is 0 Å². The Balaban J connectivity index is 3.31. The van der Waals surface area contributed by atoms with Crippen LogP contribution in [0.1, 0.15) is 37.6 Å². The molecule has 20 heavy (non-hydrogen) atoms. The Morgan fingerprint density at radius 2 is 2.00 bits per heavy atom. The van der Waals surface area contributed by atoms with Crippen LogP contribution in [-0.2, 0) is 0 Å². The van der Waals surface area contributed by atoms with Gasteiger partial charge >= 0.3 is 5.69 Å². The lowest BCUT2D eigenvalue weighted by Crippen LogP contribution is -2.38. The molecule has 0 saturated heterocycles. The molecular formula is C13H16F2N2O3. The van der Waals surface area contributed by atoms with Crippen LogP contribution in [0, 0.1) is 21.7 Å². The molecule has 0 heterocycles. The van der Waals surface area contributed by atoms with Crippen molar-refractivity contribution in [3.05, 3.63) is 39.4 Å². The van der Waals surface area contributed by atoms with Gasteiger partial charge in [0.25, 0.3) is 5.91 Å². The molecule has 1 aromatic carbocycles. The third kappa shape index (κ3) is 3.28. The van der Waals surface area contributed by atoms with Crippen molar-refractivity contribution in [2.24, 2.45) is 0 Å². The Bertz CT molecular complexity index is 533. The van der Waals surface area contributed by atoms with Gasteiger partial charge in [-0.15, -0.1) is 0 Å². The summed E-state index contributed by atoms with van der Waals surface area (Å²) in [6.07, 6.45) is 0.642. The molecule has 0 unspecified atom stereocenters. The Morgan fingerprint density at radius 3 is 2.45 bits per heavy atom. The van der Waals surface area contributed by atoms with Crippen molar-refractivity contribution >= 4 is 11.6 Å². The molecule has 0 aromatic heterocycles. The Hall–Kier alpha value is -2.05. The molecule has 7 heteroatoms. The molecule has 0 atom stereocenters. The Labute approximate surface area is 115 Å². The third-order valence-corrected chi connectivity index (χ3v) is 2.79. The molecular weight excluding hydrogens is 270 g/mol. The normalized spacial score (nSPS) is 10.7. The van der Waals surface area contributed by atoms with Crippen LogP contribution in [0.2, 0.25) is 0 Å². The number of nitro groups is 1. The number of rotatable bonds is 5. The van der Waals surface area contributed by atoms with Crippen molar-refractivity contribution in [2.45, 2.75) is 33.2 Å². The lowest BCUT2D eigenvalue weighted by Gasteiger charge is -2.26. The summed E-state index contributed by atoms with van der Waals surface area (Å²) in [7, 11) is 0. The minimum absolute atomic E-state index is 0.218. The van der Waals surface area contributed by atoms with Crippen LogP contribution in [0.3, 0.4) is 0 Å². The lowest BCUT2D eigenvalue weighted by molar-refractivity contribution is -0.387. The summed E-state index contributed by atoms with van der Waals surface area (Å²) >= 11 is 0. The topological polar surface area (TPSA) is 63.5 Å². The first-order valence-corrected chi connectivity index (χ1v) is 6.24. The first kappa shape index (κ1) is 16.0. The molecule has 1 aromatic rings. The first-order chi connectivity index (χ1) is 9.29. The van der Waals surface area contributed by atoms with E-state index in [0.29, 0.717) is 25.1 Å². The maximum absolute atomic E-state index is 14.0. The number of hydrogen-bond donors (Lipinski definition) is 0. The molecule has 110 valence electrons. The van der Waals surface area contributed by atoms with Crippen LogP contribution >= 0.6 is 0 Å². The zero-order valence-corrected chi connectivity index (χ0v) is 11.5. The molecule has 0 saturated carbocycles. The van der Waals surface area contributed by atoms with Crippen molar-refractivity contribution in [3.8, 4) is 0 Å². The number of carbonyl (C=O) groups is 1. The molecule has 0 radical (unpaired) electrons. The smallest absolute Gasteiger partial charge is 0.308 e. The number of nitrogens with zero attached hydrogens (tertiary/aromatic N) is 2. The van der Waals surface area contributed by atoms with E-state index >= 15 is 0 Å². The summed E-state index contributed by atoms with van der Waals surface area (Å²) in [5.74, 6) is -3.06. The summed E-state index contributed by atoms with van der Waals surface area (Å²) in [5.41, 5.74) is -1.65. The van der Waals surface area contributed by atoms with E-state index in [-0.39, 0.29) is 6.04 Å². The highest BCUT2D eigenvalue weighted by atomic mass is 19.1. The second-order valence-corrected chi connectivity index (χ2v) is 4.64. The summed E-state index contributed by atoms with van der Waals surface area (Å²) in [6, 6.07) is 0.936. The highest BCUT2D eigenvalue weighted by Crippen LogP contribution is 2.24. The van der Waals surface area contributed by atoms with E-state index in [1.807, 2.05) is 6.92 Å². The molecule has 0 fully saturated rings. The first-order valence-electron chi connectivity index (χ1n) is 6.24. The largest absolute Gasteiger partial charge is 0.336 e. The van der Waals surface area contributed by atoms with Gasteiger partial charge in [-0.1, -0.05) is 6.92 Å². The number of halogens is 2. The van der Waals surface area contributed by atoms with Crippen LogP contribution in [-0.4, -0.2) is 28.3 Å². The lowest BCUT2D eigenvalue weighted by atomic mass is 10.1. The van der Waals surface area contributed by atoms with Gasteiger partial charge in [-0.25, -0.2) is 4.39 Å². The van der Waals surface area contributed by atoms with Crippen molar-refractivity contribution < 1.29 is 18.5 Å². The molecule has 0 N–H and O–H groups in total. The molecule has 0 aliphatic rings. The number of amides is 1. The van der Waals surface area contributed by atoms with Crippen molar-refractivity contribution in [2.75, 3.05) is 6.54 Å². The minimum Gasteiger partial charge on any atom is -0.336 e. The van der Waals surface area contributed by atoms with Gasteiger partial charge in [-0.05, 0) is 26.3 Å². The Kier molecular flexibility index (Phi) is 5.12. The van der Waals surface area contributed by atoms with Crippen LogP contribution in [0.5, 0.6) is 0 Å². The van der Waals surface area contributed by atoms with Crippen LogP contribution < -0.4 is 0 Å². The molecule has 0 spiro atoms. The number of carbonyl (C=O) groups excluding carboxylic acids is 1. The number of nitro benzene ring substituents is 1.